The van der Waals surface area contributed by atoms with Crippen LogP contribution in [0.3, 0.4) is 0 Å². The number of rotatable bonds is 0. The van der Waals surface area contributed by atoms with Gasteiger partial charge in [-0.25, -0.2) is 4.98 Å². The zero-order chi connectivity index (χ0) is 10.7. The van der Waals surface area contributed by atoms with Crippen LogP contribution < -0.4 is 5.73 Å². The highest BCUT2D eigenvalue weighted by Crippen LogP contribution is 2.34. The Kier molecular flexibility index (Phi) is 3.47. The molecule has 0 amide bonds. The van der Waals surface area contributed by atoms with Crippen LogP contribution in [0.15, 0.2) is 6.20 Å². The van der Waals surface area contributed by atoms with E-state index in [1.54, 1.807) is 6.20 Å². The predicted molar refractivity (Wildman–Crippen MR) is 57.9 cm³/mol. The fraction of sp³-hybridized carbons (Fsp3) is 0.545. The van der Waals surface area contributed by atoms with E-state index < -0.39 is 0 Å². The Labute approximate surface area is 85.3 Å². The van der Waals surface area contributed by atoms with Crippen molar-refractivity contribution in [3.63, 3.8) is 0 Å². The number of ether oxygens (including phenoxy) is 1. The highest BCUT2D eigenvalue weighted by atomic mass is 16.5. The number of hydrogen-bond donors (Lipinski definition) is 1. The lowest BCUT2D eigenvalue weighted by Crippen LogP contribution is -2.00. The topological polar surface area (TPSA) is 48.1 Å². The number of fused-ring (bicyclic) bond motifs is 1. The van der Waals surface area contributed by atoms with Gasteiger partial charge in [0.1, 0.15) is 5.82 Å². The molecule has 3 nitrogen and oxygen atoms in total. The summed E-state index contributed by atoms with van der Waals surface area (Å²) in [6.45, 7) is 8.71. The first-order valence-electron chi connectivity index (χ1n) is 5.05. The minimum Gasteiger partial charge on any atom is -0.383 e. The molecule has 2 N–H and O–H groups in total. The zero-order valence-electron chi connectivity index (χ0n) is 9.29. The molecule has 1 aliphatic heterocycles. The fourth-order valence-corrected chi connectivity index (χ4v) is 1.62. The summed E-state index contributed by atoms with van der Waals surface area (Å²) in [7, 11) is 0. The monoisotopic (exact) mass is 194 g/mol. The molecule has 78 valence electrons. The van der Waals surface area contributed by atoms with Crippen molar-refractivity contribution in [3.8, 4) is 0 Å². The zero-order valence-corrected chi connectivity index (χ0v) is 9.29. The number of pyridine rings is 1. The first kappa shape index (κ1) is 11.0. The summed E-state index contributed by atoms with van der Waals surface area (Å²) < 4.78 is 5.46. The van der Waals surface area contributed by atoms with E-state index in [9.17, 15) is 0 Å². The molecule has 0 radical (unpaired) electrons. The molecule has 0 fully saturated rings. The number of aromatic nitrogens is 1. The Morgan fingerprint density at radius 1 is 1.50 bits per heavy atom. The summed E-state index contributed by atoms with van der Waals surface area (Å²) in [5.74, 6) is 0.612. The molecule has 1 aromatic heterocycles. The molecule has 0 spiro atoms. The van der Waals surface area contributed by atoms with Gasteiger partial charge < -0.3 is 10.5 Å². The van der Waals surface area contributed by atoms with Gasteiger partial charge in [-0.2, -0.15) is 0 Å². The van der Waals surface area contributed by atoms with Crippen LogP contribution in [0, 0.1) is 6.92 Å². The number of nitrogen functional groups attached to an aromatic ring is 1. The van der Waals surface area contributed by atoms with Crippen molar-refractivity contribution < 1.29 is 4.74 Å². The molecule has 1 aromatic rings. The van der Waals surface area contributed by atoms with Crippen LogP contribution in [0.2, 0.25) is 0 Å². The van der Waals surface area contributed by atoms with Gasteiger partial charge >= 0.3 is 0 Å². The van der Waals surface area contributed by atoms with Gasteiger partial charge in [0.25, 0.3) is 0 Å². The van der Waals surface area contributed by atoms with Gasteiger partial charge in [-0.05, 0) is 25.0 Å². The van der Waals surface area contributed by atoms with E-state index in [0.29, 0.717) is 12.4 Å². The second-order valence-corrected chi connectivity index (χ2v) is 3.17. The number of aryl methyl sites for hydroxylation is 1. The largest absolute Gasteiger partial charge is 0.383 e. The van der Waals surface area contributed by atoms with E-state index in [2.05, 4.69) is 4.98 Å². The highest BCUT2D eigenvalue weighted by Gasteiger charge is 2.23. The third-order valence-corrected chi connectivity index (χ3v) is 2.36. The van der Waals surface area contributed by atoms with Crippen molar-refractivity contribution in [2.24, 2.45) is 0 Å². The number of nitrogens with two attached hydrogens (primary N) is 1. The molecule has 1 atom stereocenters. The van der Waals surface area contributed by atoms with Crippen molar-refractivity contribution in [2.75, 3.05) is 5.73 Å². The molecule has 0 saturated heterocycles. The Morgan fingerprint density at radius 3 is 2.71 bits per heavy atom. The molecule has 1 unspecified atom stereocenters. The predicted octanol–water partition coefficient (Wildman–Crippen LogP) is 2.59. The van der Waals surface area contributed by atoms with Crippen LogP contribution in [0.4, 0.5) is 5.82 Å². The molecule has 3 heteroatoms. The van der Waals surface area contributed by atoms with Crippen molar-refractivity contribution in [2.45, 2.75) is 40.4 Å². The van der Waals surface area contributed by atoms with Gasteiger partial charge in [0, 0.05) is 11.8 Å². The molecule has 0 bridgehead atoms. The smallest absolute Gasteiger partial charge is 0.129 e. The summed E-state index contributed by atoms with van der Waals surface area (Å²) >= 11 is 0. The van der Waals surface area contributed by atoms with E-state index in [0.717, 1.165) is 5.56 Å². The van der Waals surface area contributed by atoms with Crippen LogP contribution in [0.25, 0.3) is 0 Å². The molecular formula is C11H18N2O. The minimum atomic E-state index is 0.104. The van der Waals surface area contributed by atoms with Crippen LogP contribution in [-0.4, -0.2) is 4.98 Å². The molecule has 2 heterocycles. The maximum absolute atomic E-state index is 5.74. The van der Waals surface area contributed by atoms with Crippen molar-refractivity contribution in [1.29, 1.82) is 0 Å². The number of nitrogens with zero attached hydrogens (tertiary/aromatic N) is 1. The average molecular weight is 194 g/mol. The van der Waals surface area contributed by atoms with Gasteiger partial charge in [0.2, 0.25) is 0 Å². The Balaban J connectivity index is 0.000000461. The lowest BCUT2D eigenvalue weighted by Gasteiger charge is -2.06. The molecule has 1 aliphatic rings. The van der Waals surface area contributed by atoms with Gasteiger partial charge in [-0.15, -0.1) is 0 Å². The number of anilines is 1. The van der Waals surface area contributed by atoms with E-state index in [1.165, 1.54) is 11.1 Å². The van der Waals surface area contributed by atoms with Crippen molar-refractivity contribution >= 4 is 5.82 Å². The van der Waals surface area contributed by atoms with E-state index in [-0.39, 0.29) is 6.10 Å². The summed E-state index contributed by atoms with van der Waals surface area (Å²) in [6, 6.07) is 0. The Hall–Kier alpha value is -1.09. The maximum Gasteiger partial charge on any atom is 0.129 e. The quantitative estimate of drug-likeness (QED) is 0.690. The second-order valence-electron chi connectivity index (χ2n) is 3.17. The minimum absolute atomic E-state index is 0.104. The Morgan fingerprint density at radius 2 is 2.14 bits per heavy atom. The first-order chi connectivity index (χ1) is 6.70. The average Bonchev–Trinajstić information content (AvgIpc) is 2.59. The normalized spacial score (nSPS) is 18.4. The first-order valence-corrected chi connectivity index (χ1v) is 5.05. The van der Waals surface area contributed by atoms with Crippen LogP contribution in [0.1, 0.15) is 43.6 Å². The molecule has 14 heavy (non-hydrogen) atoms. The SMILES string of the molecule is CC.Cc1cnc(N)c2c1COC2C. The summed E-state index contributed by atoms with van der Waals surface area (Å²) in [5, 5.41) is 0. The molecule has 0 aromatic carbocycles. The molecule has 2 rings (SSSR count). The summed E-state index contributed by atoms with van der Waals surface area (Å²) in [5.41, 5.74) is 9.21. The lowest BCUT2D eigenvalue weighted by atomic mass is 10.0. The maximum atomic E-state index is 5.74. The van der Waals surface area contributed by atoms with Crippen LogP contribution in [0.5, 0.6) is 0 Å². The molecule has 0 saturated carbocycles. The molecule has 0 aliphatic carbocycles. The molecular weight excluding hydrogens is 176 g/mol. The van der Waals surface area contributed by atoms with Gasteiger partial charge in [0.15, 0.2) is 0 Å². The number of hydrogen-bond acceptors (Lipinski definition) is 3. The summed E-state index contributed by atoms with van der Waals surface area (Å²) in [4.78, 5) is 4.10. The van der Waals surface area contributed by atoms with Crippen LogP contribution in [-0.2, 0) is 11.3 Å². The van der Waals surface area contributed by atoms with Gasteiger partial charge in [-0.1, -0.05) is 13.8 Å². The van der Waals surface area contributed by atoms with Crippen molar-refractivity contribution in [1.82, 2.24) is 4.98 Å². The third-order valence-electron chi connectivity index (χ3n) is 2.36. The lowest BCUT2D eigenvalue weighted by molar-refractivity contribution is 0.0797. The standard InChI is InChI=1S/C9H12N2O.C2H6/c1-5-3-11-9(10)8-6(2)12-4-7(5)8;1-2/h3,6H,4H2,1-2H3,(H2,10,11);1-2H3. The highest BCUT2D eigenvalue weighted by molar-refractivity contribution is 5.50. The third kappa shape index (κ3) is 1.73. The van der Waals surface area contributed by atoms with E-state index >= 15 is 0 Å². The van der Waals surface area contributed by atoms with Gasteiger partial charge in [-0.3, -0.25) is 0 Å². The van der Waals surface area contributed by atoms with Crippen LogP contribution >= 0.6 is 0 Å². The van der Waals surface area contributed by atoms with E-state index in [1.807, 2.05) is 27.7 Å². The Bertz CT molecular complexity index is 323. The van der Waals surface area contributed by atoms with E-state index in [4.69, 9.17) is 10.5 Å². The van der Waals surface area contributed by atoms with Crippen molar-refractivity contribution in [3.05, 3.63) is 22.9 Å². The summed E-state index contributed by atoms with van der Waals surface area (Å²) in [6.07, 6.45) is 1.91. The second kappa shape index (κ2) is 4.42. The fourth-order valence-electron chi connectivity index (χ4n) is 1.62. The van der Waals surface area contributed by atoms with Gasteiger partial charge in [0.05, 0.1) is 12.7 Å².